The molecule has 0 spiro atoms. The van der Waals surface area contributed by atoms with Gasteiger partial charge in [0.15, 0.2) is 0 Å². The molecule has 0 unspecified atom stereocenters. The summed E-state index contributed by atoms with van der Waals surface area (Å²) in [7, 11) is 0. The van der Waals surface area contributed by atoms with Gasteiger partial charge in [0.25, 0.3) is 0 Å². The Morgan fingerprint density at radius 1 is 0.889 bits per heavy atom. The van der Waals surface area contributed by atoms with Crippen LogP contribution in [0.25, 0.3) is 22.3 Å². The fourth-order valence-corrected chi connectivity index (χ4v) is 2.15. The van der Waals surface area contributed by atoms with Crippen molar-refractivity contribution in [2.45, 2.75) is 13.8 Å². The number of pyridine rings is 2. The smallest absolute Gasteiger partial charge is 0.0896 e. The first-order valence-corrected chi connectivity index (χ1v) is 6.03. The largest absolute Gasteiger partial charge is 0.255 e. The first kappa shape index (κ1) is 10.9. The van der Waals surface area contributed by atoms with Crippen molar-refractivity contribution in [3.05, 3.63) is 59.8 Å². The minimum Gasteiger partial charge on any atom is -0.255 e. The molecule has 0 saturated heterocycles. The first-order chi connectivity index (χ1) is 8.74. The number of aromatic nitrogens is 2. The molecule has 1 aromatic carbocycles. The predicted molar refractivity (Wildman–Crippen MR) is 74.4 cm³/mol. The molecule has 0 radical (unpaired) electrons. The van der Waals surface area contributed by atoms with Crippen molar-refractivity contribution < 1.29 is 0 Å². The van der Waals surface area contributed by atoms with E-state index >= 15 is 0 Å². The van der Waals surface area contributed by atoms with Crippen LogP contribution in [0.1, 0.15) is 11.1 Å². The van der Waals surface area contributed by atoms with E-state index in [1.807, 2.05) is 18.2 Å². The summed E-state index contributed by atoms with van der Waals surface area (Å²) in [5.74, 6) is 0. The number of benzene rings is 1. The van der Waals surface area contributed by atoms with Crippen LogP contribution in [0.15, 0.2) is 48.7 Å². The molecular weight excluding hydrogens is 220 g/mol. The summed E-state index contributed by atoms with van der Waals surface area (Å²) in [6.07, 6.45) is 1.80. The van der Waals surface area contributed by atoms with Crippen molar-refractivity contribution in [1.29, 1.82) is 0 Å². The minimum atomic E-state index is 0.920. The van der Waals surface area contributed by atoms with Gasteiger partial charge in [-0.05, 0) is 49.7 Å². The van der Waals surface area contributed by atoms with Crippen molar-refractivity contribution >= 4 is 10.9 Å². The Kier molecular flexibility index (Phi) is 2.56. The maximum absolute atomic E-state index is 4.68. The van der Waals surface area contributed by atoms with E-state index in [4.69, 9.17) is 0 Å². The van der Waals surface area contributed by atoms with Crippen LogP contribution >= 0.6 is 0 Å². The topological polar surface area (TPSA) is 25.8 Å². The van der Waals surface area contributed by atoms with Gasteiger partial charge in [0.2, 0.25) is 0 Å². The van der Waals surface area contributed by atoms with Gasteiger partial charge >= 0.3 is 0 Å². The van der Waals surface area contributed by atoms with Crippen LogP contribution in [-0.4, -0.2) is 9.97 Å². The minimum absolute atomic E-state index is 0.920. The molecule has 0 aliphatic carbocycles. The molecule has 3 rings (SSSR count). The fraction of sp³-hybridized carbons (Fsp3) is 0.125. The van der Waals surface area contributed by atoms with Crippen LogP contribution in [0.2, 0.25) is 0 Å². The average Bonchev–Trinajstić information content (AvgIpc) is 2.40. The monoisotopic (exact) mass is 234 g/mol. The van der Waals surface area contributed by atoms with Crippen LogP contribution < -0.4 is 0 Å². The lowest BCUT2D eigenvalue weighted by atomic mass is 10.1. The lowest BCUT2D eigenvalue weighted by Crippen LogP contribution is -1.91. The molecule has 2 heteroatoms. The number of hydrogen-bond donors (Lipinski definition) is 0. The van der Waals surface area contributed by atoms with Gasteiger partial charge < -0.3 is 0 Å². The van der Waals surface area contributed by atoms with Crippen LogP contribution in [0, 0.1) is 13.8 Å². The molecule has 2 nitrogen and oxygen atoms in total. The quantitative estimate of drug-likeness (QED) is 0.638. The van der Waals surface area contributed by atoms with Crippen molar-refractivity contribution in [2.24, 2.45) is 0 Å². The van der Waals surface area contributed by atoms with Gasteiger partial charge in [0.1, 0.15) is 0 Å². The molecular formula is C16H14N2. The average molecular weight is 234 g/mol. The first-order valence-electron chi connectivity index (χ1n) is 6.03. The van der Waals surface area contributed by atoms with Crippen LogP contribution in [0.4, 0.5) is 0 Å². The standard InChI is InChI=1S/C16H14N2/c1-11-6-7-14-13(9-11)12(2)10-16(18-14)15-5-3-4-8-17-15/h3-10H,1-2H3. The molecule has 0 bridgehead atoms. The zero-order valence-corrected chi connectivity index (χ0v) is 10.5. The third kappa shape index (κ3) is 1.86. The van der Waals surface area contributed by atoms with Crippen LogP contribution in [0.5, 0.6) is 0 Å². The maximum Gasteiger partial charge on any atom is 0.0896 e. The summed E-state index contributed by atoms with van der Waals surface area (Å²) >= 11 is 0. The molecule has 2 aromatic heterocycles. The number of rotatable bonds is 1. The van der Waals surface area contributed by atoms with Crippen LogP contribution in [-0.2, 0) is 0 Å². The zero-order chi connectivity index (χ0) is 12.5. The highest BCUT2D eigenvalue weighted by atomic mass is 14.8. The highest BCUT2D eigenvalue weighted by Gasteiger charge is 2.05. The molecule has 0 N–H and O–H groups in total. The Morgan fingerprint density at radius 2 is 1.78 bits per heavy atom. The molecule has 0 saturated carbocycles. The highest BCUT2D eigenvalue weighted by molar-refractivity contribution is 5.85. The summed E-state index contributed by atoms with van der Waals surface area (Å²) in [6.45, 7) is 4.22. The van der Waals surface area contributed by atoms with Gasteiger partial charge in [0, 0.05) is 11.6 Å². The summed E-state index contributed by atoms with van der Waals surface area (Å²) in [4.78, 5) is 9.04. The summed E-state index contributed by atoms with van der Waals surface area (Å²) in [5.41, 5.74) is 5.39. The van der Waals surface area contributed by atoms with E-state index in [0.29, 0.717) is 0 Å². The van der Waals surface area contributed by atoms with Gasteiger partial charge in [0.05, 0.1) is 16.9 Å². The van der Waals surface area contributed by atoms with Crippen molar-refractivity contribution in [3.8, 4) is 11.4 Å². The van der Waals surface area contributed by atoms with Gasteiger partial charge in [-0.25, -0.2) is 4.98 Å². The molecule has 0 aliphatic rings. The maximum atomic E-state index is 4.68. The van der Waals surface area contributed by atoms with E-state index < -0.39 is 0 Å². The molecule has 0 fully saturated rings. The molecule has 3 aromatic rings. The van der Waals surface area contributed by atoms with Gasteiger partial charge in [-0.3, -0.25) is 4.98 Å². The SMILES string of the molecule is Cc1ccc2nc(-c3ccccn3)cc(C)c2c1. The van der Waals surface area contributed by atoms with Crippen LogP contribution in [0.3, 0.4) is 0 Å². The lowest BCUT2D eigenvalue weighted by Gasteiger charge is -2.06. The third-order valence-electron chi connectivity index (χ3n) is 3.10. The molecule has 0 amide bonds. The van der Waals surface area contributed by atoms with Gasteiger partial charge in [-0.1, -0.05) is 17.7 Å². The Labute approximate surface area is 106 Å². The normalized spacial score (nSPS) is 10.8. The number of fused-ring (bicyclic) bond motifs is 1. The Balaban J connectivity index is 2.25. The van der Waals surface area contributed by atoms with Crippen molar-refractivity contribution in [1.82, 2.24) is 9.97 Å². The Morgan fingerprint density at radius 3 is 2.56 bits per heavy atom. The van der Waals surface area contributed by atoms with Gasteiger partial charge in [-0.2, -0.15) is 0 Å². The predicted octanol–water partition coefficient (Wildman–Crippen LogP) is 3.91. The second-order valence-corrected chi connectivity index (χ2v) is 4.56. The van der Waals surface area contributed by atoms with E-state index in [1.54, 1.807) is 6.20 Å². The van der Waals surface area contributed by atoms with E-state index in [2.05, 4.69) is 48.1 Å². The second-order valence-electron chi connectivity index (χ2n) is 4.56. The molecule has 18 heavy (non-hydrogen) atoms. The van der Waals surface area contributed by atoms with E-state index in [0.717, 1.165) is 16.9 Å². The number of aryl methyl sites for hydroxylation is 2. The third-order valence-corrected chi connectivity index (χ3v) is 3.10. The summed E-state index contributed by atoms with van der Waals surface area (Å²) in [6, 6.07) is 14.3. The summed E-state index contributed by atoms with van der Waals surface area (Å²) < 4.78 is 0. The highest BCUT2D eigenvalue weighted by Crippen LogP contribution is 2.23. The van der Waals surface area contributed by atoms with Crippen molar-refractivity contribution in [2.75, 3.05) is 0 Å². The molecule has 2 heterocycles. The lowest BCUT2D eigenvalue weighted by molar-refractivity contribution is 1.26. The van der Waals surface area contributed by atoms with Crippen molar-refractivity contribution in [3.63, 3.8) is 0 Å². The second kappa shape index (κ2) is 4.22. The summed E-state index contributed by atoms with van der Waals surface area (Å²) in [5, 5.41) is 1.22. The fourth-order valence-electron chi connectivity index (χ4n) is 2.15. The molecule has 0 aliphatic heterocycles. The Bertz CT molecular complexity index is 703. The van der Waals surface area contributed by atoms with E-state index in [1.165, 1.54) is 16.5 Å². The Hall–Kier alpha value is -2.22. The number of nitrogens with zero attached hydrogens (tertiary/aromatic N) is 2. The van der Waals surface area contributed by atoms with E-state index in [-0.39, 0.29) is 0 Å². The molecule has 0 atom stereocenters. The van der Waals surface area contributed by atoms with E-state index in [9.17, 15) is 0 Å². The zero-order valence-electron chi connectivity index (χ0n) is 10.5. The molecule has 88 valence electrons. The van der Waals surface area contributed by atoms with Gasteiger partial charge in [-0.15, -0.1) is 0 Å². The number of hydrogen-bond acceptors (Lipinski definition) is 2.